The third-order valence-corrected chi connectivity index (χ3v) is 6.51. The van der Waals surface area contributed by atoms with Crippen molar-refractivity contribution in [2.75, 3.05) is 0 Å². The maximum atomic E-state index is 13.6. The van der Waals surface area contributed by atoms with E-state index in [4.69, 9.17) is 16.0 Å². The van der Waals surface area contributed by atoms with Crippen LogP contribution >= 0.6 is 11.6 Å². The van der Waals surface area contributed by atoms with E-state index in [9.17, 15) is 9.90 Å². The Kier molecular flexibility index (Phi) is 4.68. The number of aromatic nitrogens is 2. The molecule has 1 N–H and O–H groups in total. The van der Waals surface area contributed by atoms with E-state index in [1.807, 2.05) is 41.3 Å². The number of fused-ring (bicyclic) bond motifs is 1. The highest BCUT2D eigenvalue weighted by molar-refractivity contribution is 6.32. The Hall–Kier alpha value is -2.70. The zero-order chi connectivity index (χ0) is 21.9. The Morgan fingerprint density at radius 1 is 1.13 bits per heavy atom. The summed E-state index contributed by atoms with van der Waals surface area (Å²) in [7, 11) is 0. The Morgan fingerprint density at radius 2 is 1.81 bits per heavy atom. The van der Waals surface area contributed by atoms with Crippen molar-refractivity contribution >= 4 is 17.5 Å². The van der Waals surface area contributed by atoms with Crippen LogP contribution in [-0.2, 0) is 6.54 Å². The van der Waals surface area contributed by atoms with E-state index in [0.29, 0.717) is 34.8 Å². The van der Waals surface area contributed by atoms with Crippen molar-refractivity contribution < 1.29 is 14.3 Å². The van der Waals surface area contributed by atoms with Gasteiger partial charge in [0.05, 0.1) is 17.2 Å². The first-order valence-corrected chi connectivity index (χ1v) is 10.9. The van der Waals surface area contributed by atoms with Crippen LogP contribution in [0.25, 0.3) is 22.6 Å². The van der Waals surface area contributed by atoms with Gasteiger partial charge in [0.1, 0.15) is 0 Å². The van der Waals surface area contributed by atoms with Crippen molar-refractivity contribution in [3.8, 4) is 22.6 Å². The molecule has 1 atom stereocenters. The molecule has 6 nitrogen and oxygen atoms in total. The summed E-state index contributed by atoms with van der Waals surface area (Å²) in [5.74, 6) is 1.24. The number of carbonyl (C=O) groups excluding carboxylic acids is 1. The quantitative estimate of drug-likeness (QED) is 0.615. The summed E-state index contributed by atoms with van der Waals surface area (Å²) >= 11 is 6.51. The normalized spacial score (nSPS) is 17.2. The fraction of sp³-hybridized carbons (Fsp3) is 0.375. The van der Waals surface area contributed by atoms with Crippen LogP contribution in [0.1, 0.15) is 48.5 Å². The zero-order valence-electron chi connectivity index (χ0n) is 17.7. The molecule has 1 saturated carbocycles. The summed E-state index contributed by atoms with van der Waals surface area (Å²) in [5.41, 5.74) is 3.05. The molecule has 0 bridgehead atoms. The fourth-order valence-electron chi connectivity index (χ4n) is 4.70. The van der Waals surface area contributed by atoms with Crippen molar-refractivity contribution in [2.45, 2.75) is 51.8 Å². The van der Waals surface area contributed by atoms with Gasteiger partial charge < -0.3 is 14.4 Å². The highest BCUT2D eigenvalue weighted by Crippen LogP contribution is 2.45. The average molecular weight is 438 g/mol. The van der Waals surface area contributed by atoms with Crippen molar-refractivity contribution in [3.63, 3.8) is 0 Å². The summed E-state index contributed by atoms with van der Waals surface area (Å²) in [6.07, 6.45) is 2.07. The SMILES string of the molecule is Cc1nnc(-c2ccc(-c3ccc(Cl)c4c3C(=O)N([C@H](C3CC3)C(C)(C)O)C4)cc2)o1. The maximum Gasteiger partial charge on any atom is 0.255 e. The summed E-state index contributed by atoms with van der Waals surface area (Å²) < 4.78 is 5.50. The van der Waals surface area contributed by atoms with Gasteiger partial charge in [-0.1, -0.05) is 29.8 Å². The van der Waals surface area contributed by atoms with Gasteiger partial charge in [-0.3, -0.25) is 4.79 Å². The van der Waals surface area contributed by atoms with E-state index in [0.717, 1.165) is 35.1 Å². The maximum absolute atomic E-state index is 13.6. The van der Waals surface area contributed by atoms with Gasteiger partial charge in [-0.25, -0.2) is 0 Å². The second-order valence-electron chi connectivity index (χ2n) is 9.02. The van der Waals surface area contributed by atoms with Crippen LogP contribution in [0.15, 0.2) is 40.8 Å². The van der Waals surface area contributed by atoms with E-state index in [1.165, 1.54) is 0 Å². The van der Waals surface area contributed by atoms with Crippen molar-refractivity contribution in [1.29, 1.82) is 0 Å². The molecule has 0 unspecified atom stereocenters. The summed E-state index contributed by atoms with van der Waals surface area (Å²) in [6, 6.07) is 11.2. The van der Waals surface area contributed by atoms with Gasteiger partial charge in [0, 0.05) is 29.6 Å². The molecule has 1 amide bonds. The molecule has 31 heavy (non-hydrogen) atoms. The second kappa shape index (κ2) is 7.18. The largest absolute Gasteiger partial charge is 0.421 e. The van der Waals surface area contributed by atoms with E-state index in [1.54, 1.807) is 20.8 Å². The Bertz CT molecular complexity index is 1160. The van der Waals surface area contributed by atoms with Crippen LogP contribution in [0, 0.1) is 12.8 Å². The molecule has 5 rings (SSSR count). The monoisotopic (exact) mass is 437 g/mol. The molecule has 0 radical (unpaired) electrons. The molecule has 160 valence electrons. The lowest BCUT2D eigenvalue weighted by Gasteiger charge is -2.37. The van der Waals surface area contributed by atoms with Crippen molar-refractivity contribution in [2.24, 2.45) is 5.92 Å². The number of benzene rings is 2. The summed E-state index contributed by atoms with van der Waals surface area (Å²) in [5, 5.41) is 19.3. The first kappa shape index (κ1) is 20.2. The first-order valence-electron chi connectivity index (χ1n) is 10.5. The molecular formula is C24H24ClN3O3. The third kappa shape index (κ3) is 3.54. The number of amides is 1. The van der Waals surface area contributed by atoms with E-state index in [2.05, 4.69) is 10.2 Å². The first-order chi connectivity index (χ1) is 14.7. The molecule has 2 heterocycles. The van der Waals surface area contributed by atoms with Gasteiger partial charge in [0.2, 0.25) is 11.8 Å². The standard InChI is InChI=1S/C24H24ClN3O3/c1-13-26-27-22(31-13)16-8-4-14(5-9-16)17-10-11-19(25)18-12-28(23(29)20(17)18)21(15-6-7-15)24(2,3)30/h4-5,8-11,15,21,30H,6-7,12H2,1-3H3/t21-/m1/s1. The van der Waals surface area contributed by atoms with Crippen LogP contribution < -0.4 is 0 Å². The number of aliphatic hydroxyl groups is 1. The van der Waals surface area contributed by atoms with E-state index >= 15 is 0 Å². The number of rotatable bonds is 5. The molecule has 2 aromatic carbocycles. The smallest absolute Gasteiger partial charge is 0.255 e. The predicted octanol–water partition coefficient (Wildman–Crippen LogP) is 4.87. The Balaban J connectivity index is 1.53. The molecule has 1 fully saturated rings. The van der Waals surface area contributed by atoms with Gasteiger partial charge in [0.25, 0.3) is 5.91 Å². The number of hydrogen-bond acceptors (Lipinski definition) is 5. The number of aryl methyl sites for hydroxylation is 1. The molecule has 1 aliphatic heterocycles. The number of carbonyl (C=O) groups is 1. The summed E-state index contributed by atoms with van der Waals surface area (Å²) in [4.78, 5) is 15.4. The van der Waals surface area contributed by atoms with Crippen LogP contribution in [0.2, 0.25) is 5.02 Å². The average Bonchev–Trinajstić information content (AvgIpc) is 3.36. The number of hydrogen-bond donors (Lipinski definition) is 1. The van der Waals surface area contributed by atoms with Crippen LogP contribution in [-0.4, -0.2) is 37.8 Å². The summed E-state index contributed by atoms with van der Waals surface area (Å²) in [6.45, 7) is 5.74. The molecular weight excluding hydrogens is 414 g/mol. The molecule has 1 aromatic heterocycles. The Labute approximate surface area is 185 Å². The molecule has 1 aliphatic carbocycles. The van der Waals surface area contributed by atoms with Crippen LogP contribution in [0.4, 0.5) is 0 Å². The third-order valence-electron chi connectivity index (χ3n) is 6.16. The van der Waals surface area contributed by atoms with Gasteiger partial charge in [-0.15, -0.1) is 10.2 Å². The lowest BCUT2D eigenvalue weighted by molar-refractivity contribution is -0.0223. The van der Waals surface area contributed by atoms with Crippen molar-refractivity contribution in [1.82, 2.24) is 15.1 Å². The highest BCUT2D eigenvalue weighted by atomic mass is 35.5. The van der Waals surface area contributed by atoms with E-state index < -0.39 is 5.60 Å². The van der Waals surface area contributed by atoms with E-state index in [-0.39, 0.29) is 11.9 Å². The van der Waals surface area contributed by atoms with Gasteiger partial charge >= 0.3 is 0 Å². The highest BCUT2D eigenvalue weighted by Gasteiger charge is 2.48. The zero-order valence-corrected chi connectivity index (χ0v) is 18.5. The number of nitrogens with zero attached hydrogens (tertiary/aromatic N) is 3. The minimum absolute atomic E-state index is 0.0665. The molecule has 0 spiro atoms. The number of halogens is 1. The second-order valence-corrected chi connectivity index (χ2v) is 9.43. The molecule has 3 aromatic rings. The van der Waals surface area contributed by atoms with Crippen LogP contribution in [0.5, 0.6) is 0 Å². The topological polar surface area (TPSA) is 79.5 Å². The molecule has 2 aliphatic rings. The van der Waals surface area contributed by atoms with Gasteiger partial charge in [0.15, 0.2) is 0 Å². The lowest BCUT2D eigenvalue weighted by atomic mass is 9.92. The van der Waals surface area contributed by atoms with Crippen LogP contribution in [0.3, 0.4) is 0 Å². The van der Waals surface area contributed by atoms with Gasteiger partial charge in [-0.2, -0.15) is 0 Å². The molecule has 0 saturated heterocycles. The van der Waals surface area contributed by atoms with Gasteiger partial charge in [-0.05, 0) is 61.9 Å². The molecule has 7 heteroatoms. The minimum atomic E-state index is -0.977. The van der Waals surface area contributed by atoms with Crippen molar-refractivity contribution in [3.05, 3.63) is 58.4 Å². The Morgan fingerprint density at radius 3 is 2.39 bits per heavy atom. The minimum Gasteiger partial charge on any atom is -0.421 e. The fourth-order valence-corrected chi connectivity index (χ4v) is 4.92. The predicted molar refractivity (Wildman–Crippen MR) is 118 cm³/mol. The lowest BCUT2D eigenvalue weighted by Crippen LogP contribution is -2.51.